The normalized spacial score (nSPS) is 20.8. The Balaban J connectivity index is 1.73. The first-order valence-electron chi connectivity index (χ1n) is 6.44. The van der Waals surface area contributed by atoms with Crippen molar-refractivity contribution in [1.29, 1.82) is 0 Å². The van der Waals surface area contributed by atoms with Gasteiger partial charge in [0.25, 0.3) is 0 Å². The Labute approximate surface area is 111 Å². The Morgan fingerprint density at radius 2 is 2.32 bits per heavy atom. The molecule has 1 aliphatic rings. The van der Waals surface area contributed by atoms with E-state index in [-0.39, 0.29) is 0 Å². The molecule has 6 heteroatoms. The monoisotopic (exact) mass is 262 g/mol. The Morgan fingerprint density at radius 3 is 3.11 bits per heavy atom. The fourth-order valence-electron chi connectivity index (χ4n) is 2.29. The number of hydrogen-bond donors (Lipinski definition) is 2. The van der Waals surface area contributed by atoms with Crippen molar-refractivity contribution in [3.05, 3.63) is 24.3 Å². The van der Waals surface area contributed by atoms with Crippen molar-refractivity contribution in [3.8, 4) is 0 Å². The van der Waals surface area contributed by atoms with Crippen LogP contribution in [0.2, 0.25) is 0 Å². The summed E-state index contributed by atoms with van der Waals surface area (Å²) in [6.07, 6.45) is 0. The molecule has 6 nitrogen and oxygen atoms in total. The van der Waals surface area contributed by atoms with Crippen LogP contribution in [0.1, 0.15) is 0 Å². The maximum absolute atomic E-state index is 10.0. The highest BCUT2D eigenvalue weighted by Crippen LogP contribution is 2.17. The van der Waals surface area contributed by atoms with Crippen LogP contribution in [0.25, 0.3) is 11.0 Å². The van der Waals surface area contributed by atoms with Crippen LogP contribution in [-0.2, 0) is 4.74 Å². The number of aromatic nitrogens is 2. The van der Waals surface area contributed by atoms with Crippen molar-refractivity contribution in [2.24, 2.45) is 0 Å². The van der Waals surface area contributed by atoms with Crippen LogP contribution in [0.5, 0.6) is 0 Å². The summed E-state index contributed by atoms with van der Waals surface area (Å²) in [4.78, 5) is 6.62. The highest BCUT2D eigenvalue weighted by atomic mass is 16.5. The van der Waals surface area contributed by atoms with E-state index in [4.69, 9.17) is 4.74 Å². The summed E-state index contributed by atoms with van der Waals surface area (Å²) in [6, 6.07) is 7.80. The number of hydrogen-bond acceptors (Lipinski definition) is 5. The maximum Gasteiger partial charge on any atom is 0.237 e. The minimum atomic E-state index is 0.300. The molecule has 0 radical (unpaired) electrons. The minimum Gasteiger partial charge on any atom is -0.425 e. The summed E-state index contributed by atoms with van der Waals surface area (Å²) < 4.78 is 6.55. The Kier molecular flexibility index (Phi) is 3.27. The van der Waals surface area contributed by atoms with Crippen LogP contribution in [0.4, 0.5) is 5.95 Å². The van der Waals surface area contributed by atoms with E-state index >= 15 is 0 Å². The molecular formula is C13H18N4O2. The van der Waals surface area contributed by atoms with E-state index in [0.717, 1.165) is 23.4 Å². The van der Waals surface area contributed by atoms with Gasteiger partial charge in [-0.3, -0.25) is 4.90 Å². The molecular weight excluding hydrogens is 244 g/mol. The largest absolute Gasteiger partial charge is 0.425 e. The summed E-state index contributed by atoms with van der Waals surface area (Å²) in [7, 11) is 2.08. The van der Waals surface area contributed by atoms with Crippen LogP contribution < -0.4 is 5.32 Å². The second kappa shape index (κ2) is 5.07. The summed E-state index contributed by atoms with van der Waals surface area (Å²) in [6.45, 7) is 3.11. The van der Waals surface area contributed by atoms with Gasteiger partial charge in [-0.1, -0.05) is 12.1 Å². The van der Waals surface area contributed by atoms with Gasteiger partial charge >= 0.3 is 0 Å². The third-order valence-corrected chi connectivity index (χ3v) is 3.55. The number of likely N-dealkylation sites (N-methyl/N-ethyl adjacent to an activating group) is 1. The number of nitrogens with one attached hydrogen (secondary N) is 1. The van der Waals surface area contributed by atoms with Crippen LogP contribution in [-0.4, -0.2) is 59.2 Å². The second-order valence-corrected chi connectivity index (χ2v) is 4.83. The smallest absolute Gasteiger partial charge is 0.237 e. The van der Waals surface area contributed by atoms with Crippen molar-refractivity contribution in [2.75, 3.05) is 38.7 Å². The van der Waals surface area contributed by atoms with Crippen molar-refractivity contribution in [3.63, 3.8) is 0 Å². The topological polar surface area (TPSA) is 62.5 Å². The van der Waals surface area contributed by atoms with Gasteiger partial charge in [0.15, 0.2) is 0 Å². The van der Waals surface area contributed by atoms with E-state index in [1.807, 2.05) is 24.3 Å². The predicted octanol–water partition coefficient (Wildman–Crippen LogP) is 1.02. The van der Waals surface area contributed by atoms with E-state index in [9.17, 15) is 5.21 Å². The molecule has 1 aliphatic heterocycles. The highest BCUT2D eigenvalue weighted by Gasteiger charge is 2.20. The first kappa shape index (κ1) is 12.3. The van der Waals surface area contributed by atoms with Gasteiger partial charge in [0.05, 0.1) is 24.8 Å². The van der Waals surface area contributed by atoms with E-state index in [2.05, 4.69) is 22.2 Å². The number of morpholine rings is 1. The molecule has 2 aromatic rings. The van der Waals surface area contributed by atoms with E-state index < -0.39 is 0 Å². The number of ether oxygens (including phenoxy) is 1. The number of para-hydroxylation sites is 2. The third-order valence-electron chi connectivity index (χ3n) is 3.55. The number of anilines is 1. The fraction of sp³-hybridized carbons (Fsp3) is 0.462. The Bertz CT molecular complexity index is 569. The van der Waals surface area contributed by atoms with E-state index in [1.54, 1.807) is 0 Å². The summed E-state index contributed by atoms with van der Waals surface area (Å²) in [5, 5.41) is 13.2. The zero-order valence-corrected chi connectivity index (χ0v) is 10.9. The molecule has 2 N–H and O–H groups in total. The molecule has 1 aromatic heterocycles. The lowest BCUT2D eigenvalue weighted by Crippen LogP contribution is -2.46. The highest BCUT2D eigenvalue weighted by molar-refractivity contribution is 5.77. The minimum absolute atomic E-state index is 0.300. The molecule has 0 bridgehead atoms. The summed E-state index contributed by atoms with van der Waals surface area (Å²) in [5.41, 5.74) is 1.49. The second-order valence-electron chi connectivity index (χ2n) is 4.83. The SMILES string of the molecule is CN1CCOCC1CNc1nc2ccccc2n1O. The molecule has 1 fully saturated rings. The lowest BCUT2D eigenvalue weighted by atomic mass is 10.2. The molecule has 1 atom stereocenters. The van der Waals surface area contributed by atoms with Gasteiger partial charge in [0, 0.05) is 13.1 Å². The average Bonchev–Trinajstić information content (AvgIpc) is 2.75. The number of nitrogens with zero attached hydrogens (tertiary/aromatic N) is 3. The van der Waals surface area contributed by atoms with Gasteiger partial charge in [-0.25, -0.2) is 4.98 Å². The molecule has 1 saturated heterocycles. The lowest BCUT2D eigenvalue weighted by molar-refractivity contribution is 0.0108. The molecule has 0 amide bonds. The average molecular weight is 262 g/mol. The number of fused-ring (bicyclic) bond motifs is 1. The van der Waals surface area contributed by atoms with Gasteiger partial charge in [-0.2, -0.15) is 0 Å². The molecule has 1 unspecified atom stereocenters. The molecule has 102 valence electrons. The van der Waals surface area contributed by atoms with Gasteiger partial charge in [-0.15, -0.1) is 4.73 Å². The standard InChI is InChI=1S/C13H18N4O2/c1-16-6-7-19-9-10(16)8-14-13-15-11-4-2-3-5-12(11)17(13)18/h2-5,10,18H,6-9H2,1H3,(H,14,15). The molecule has 1 aromatic carbocycles. The van der Waals surface area contributed by atoms with Gasteiger partial charge in [0.2, 0.25) is 5.95 Å². The van der Waals surface area contributed by atoms with Crippen molar-refractivity contribution in [2.45, 2.75) is 6.04 Å². The third kappa shape index (κ3) is 2.36. The molecule has 0 aliphatic carbocycles. The predicted molar refractivity (Wildman–Crippen MR) is 72.6 cm³/mol. The number of benzene rings is 1. The van der Waals surface area contributed by atoms with Crippen LogP contribution in [0.3, 0.4) is 0 Å². The van der Waals surface area contributed by atoms with Crippen LogP contribution in [0.15, 0.2) is 24.3 Å². The van der Waals surface area contributed by atoms with Gasteiger partial charge in [0.1, 0.15) is 5.52 Å². The Hall–Kier alpha value is -1.79. The van der Waals surface area contributed by atoms with Crippen LogP contribution >= 0.6 is 0 Å². The summed E-state index contributed by atoms with van der Waals surface area (Å²) >= 11 is 0. The maximum atomic E-state index is 10.0. The quantitative estimate of drug-likeness (QED) is 0.809. The Morgan fingerprint density at radius 1 is 1.47 bits per heavy atom. The summed E-state index contributed by atoms with van der Waals surface area (Å²) in [5.74, 6) is 0.472. The molecule has 19 heavy (non-hydrogen) atoms. The molecule has 0 spiro atoms. The molecule has 2 heterocycles. The van der Waals surface area contributed by atoms with Gasteiger partial charge in [-0.05, 0) is 19.2 Å². The van der Waals surface area contributed by atoms with E-state index in [1.165, 1.54) is 0 Å². The van der Waals surface area contributed by atoms with Crippen molar-refractivity contribution >= 4 is 17.0 Å². The first-order chi connectivity index (χ1) is 9.25. The zero-order valence-electron chi connectivity index (χ0n) is 10.9. The van der Waals surface area contributed by atoms with Gasteiger partial charge < -0.3 is 15.3 Å². The van der Waals surface area contributed by atoms with Crippen molar-refractivity contribution in [1.82, 2.24) is 14.6 Å². The number of rotatable bonds is 3. The van der Waals surface area contributed by atoms with Crippen LogP contribution in [0, 0.1) is 0 Å². The zero-order chi connectivity index (χ0) is 13.2. The number of imidazole rings is 1. The molecule has 0 saturated carbocycles. The fourth-order valence-corrected chi connectivity index (χ4v) is 2.29. The molecule has 3 rings (SSSR count). The lowest BCUT2D eigenvalue weighted by Gasteiger charge is -2.32. The first-order valence-corrected chi connectivity index (χ1v) is 6.44. The van der Waals surface area contributed by atoms with E-state index in [0.29, 0.717) is 30.7 Å². The van der Waals surface area contributed by atoms with Crippen molar-refractivity contribution < 1.29 is 9.94 Å².